The van der Waals surface area contributed by atoms with Crippen molar-refractivity contribution in [2.75, 3.05) is 20.2 Å². The van der Waals surface area contributed by atoms with Crippen molar-refractivity contribution in [3.05, 3.63) is 42.2 Å². The second-order valence-electron chi connectivity index (χ2n) is 2.80. The van der Waals surface area contributed by atoms with Gasteiger partial charge in [-0.25, -0.2) is 4.39 Å². The zero-order valence-electron chi connectivity index (χ0n) is 8.16. The van der Waals surface area contributed by atoms with E-state index in [4.69, 9.17) is 4.74 Å². The van der Waals surface area contributed by atoms with Gasteiger partial charge >= 0.3 is 0 Å². The van der Waals surface area contributed by atoms with E-state index >= 15 is 0 Å². The van der Waals surface area contributed by atoms with E-state index in [1.54, 1.807) is 12.1 Å². The van der Waals surface area contributed by atoms with E-state index in [2.05, 4.69) is 5.32 Å². The number of rotatable bonds is 5. The van der Waals surface area contributed by atoms with Crippen LogP contribution in [0, 0.1) is 5.82 Å². The SMILES string of the molecule is CNCC=CCOc1cccc(F)c1. The molecule has 0 spiro atoms. The zero-order valence-corrected chi connectivity index (χ0v) is 8.16. The Bertz CT molecular complexity index is 299. The molecule has 0 unspecified atom stereocenters. The predicted molar refractivity (Wildman–Crippen MR) is 55.0 cm³/mol. The van der Waals surface area contributed by atoms with Gasteiger partial charge in [0.25, 0.3) is 0 Å². The molecular weight excluding hydrogens is 181 g/mol. The van der Waals surface area contributed by atoms with Crippen LogP contribution in [0.3, 0.4) is 0 Å². The second-order valence-corrected chi connectivity index (χ2v) is 2.80. The molecule has 76 valence electrons. The van der Waals surface area contributed by atoms with Gasteiger partial charge in [0.15, 0.2) is 0 Å². The summed E-state index contributed by atoms with van der Waals surface area (Å²) in [6, 6.07) is 6.12. The summed E-state index contributed by atoms with van der Waals surface area (Å²) in [7, 11) is 1.87. The molecule has 0 atom stereocenters. The van der Waals surface area contributed by atoms with E-state index in [9.17, 15) is 4.39 Å². The van der Waals surface area contributed by atoms with Gasteiger partial charge in [-0.3, -0.25) is 0 Å². The number of benzene rings is 1. The monoisotopic (exact) mass is 195 g/mol. The Balaban J connectivity index is 2.31. The molecule has 0 aromatic heterocycles. The highest BCUT2D eigenvalue weighted by atomic mass is 19.1. The molecule has 2 nitrogen and oxygen atoms in total. The van der Waals surface area contributed by atoms with Crippen molar-refractivity contribution in [2.24, 2.45) is 0 Å². The van der Waals surface area contributed by atoms with Crippen LogP contribution < -0.4 is 10.1 Å². The molecule has 0 bridgehead atoms. The summed E-state index contributed by atoms with van der Waals surface area (Å²) in [4.78, 5) is 0. The van der Waals surface area contributed by atoms with E-state index in [-0.39, 0.29) is 5.82 Å². The van der Waals surface area contributed by atoms with Crippen LogP contribution in [-0.2, 0) is 0 Å². The largest absolute Gasteiger partial charge is 0.489 e. The van der Waals surface area contributed by atoms with Crippen LogP contribution in [0.2, 0.25) is 0 Å². The van der Waals surface area contributed by atoms with Crippen molar-refractivity contribution in [1.29, 1.82) is 0 Å². The fourth-order valence-corrected chi connectivity index (χ4v) is 0.970. The van der Waals surface area contributed by atoms with Crippen LogP contribution in [0.1, 0.15) is 0 Å². The van der Waals surface area contributed by atoms with Crippen molar-refractivity contribution < 1.29 is 9.13 Å². The Morgan fingerprint density at radius 1 is 1.43 bits per heavy atom. The van der Waals surface area contributed by atoms with Gasteiger partial charge in [0.05, 0.1) is 0 Å². The molecule has 0 aliphatic rings. The maximum atomic E-state index is 12.7. The van der Waals surface area contributed by atoms with Crippen LogP contribution in [-0.4, -0.2) is 20.2 Å². The third-order valence-corrected chi connectivity index (χ3v) is 1.63. The number of hydrogen-bond acceptors (Lipinski definition) is 2. The van der Waals surface area contributed by atoms with Crippen molar-refractivity contribution in [2.45, 2.75) is 0 Å². The van der Waals surface area contributed by atoms with Crippen LogP contribution in [0.4, 0.5) is 4.39 Å². The Morgan fingerprint density at radius 3 is 3.00 bits per heavy atom. The summed E-state index contributed by atoms with van der Waals surface area (Å²) >= 11 is 0. The molecule has 1 N–H and O–H groups in total. The molecule has 14 heavy (non-hydrogen) atoms. The van der Waals surface area contributed by atoms with Crippen LogP contribution in [0.15, 0.2) is 36.4 Å². The molecule has 0 saturated carbocycles. The first-order valence-corrected chi connectivity index (χ1v) is 4.51. The predicted octanol–water partition coefficient (Wildman–Crippen LogP) is 1.98. The molecule has 0 radical (unpaired) electrons. The van der Waals surface area contributed by atoms with Crippen LogP contribution in [0.5, 0.6) is 5.75 Å². The summed E-state index contributed by atoms with van der Waals surface area (Å²) in [6.45, 7) is 1.28. The first-order chi connectivity index (χ1) is 6.83. The Labute approximate surface area is 83.4 Å². The minimum atomic E-state index is -0.276. The topological polar surface area (TPSA) is 21.3 Å². The normalized spacial score (nSPS) is 10.7. The highest BCUT2D eigenvalue weighted by Gasteiger charge is 1.93. The summed E-state index contributed by atoms with van der Waals surface area (Å²) in [6.07, 6.45) is 3.85. The van der Waals surface area contributed by atoms with Gasteiger partial charge in [-0.15, -0.1) is 0 Å². The van der Waals surface area contributed by atoms with Crippen LogP contribution >= 0.6 is 0 Å². The number of ether oxygens (including phenoxy) is 1. The Kier molecular flexibility index (Phi) is 4.72. The van der Waals surface area contributed by atoms with Crippen LogP contribution in [0.25, 0.3) is 0 Å². The van der Waals surface area contributed by atoms with E-state index in [1.165, 1.54) is 12.1 Å². The molecule has 0 aliphatic carbocycles. The molecule has 0 fully saturated rings. The molecule has 0 heterocycles. The van der Waals surface area contributed by atoms with Gasteiger partial charge in [0, 0.05) is 12.6 Å². The lowest BCUT2D eigenvalue weighted by atomic mass is 10.3. The van der Waals surface area contributed by atoms with E-state index < -0.39 is 0 Å². The van der Waals surface area contributed by atoms with Crippen molar-refractivity contribution in [1.82, 2.24) is 5.32 Å². The highest BCUT2D eigenvalue weighted by molar-refractivity contribution is 5.22. The minimum Gasteiger partial charge on any atom is -0.489 e. The molecule has 1 aromatic carbocycles. The average Bonchev–Trinajstić information content (AvgIpc) is 2.18. The lowest BCUT2D eigenvalue weighted by Crippen LogP contribution is -2.04. The number of hydrogen-bond donors (Lipinski definition) is 1. The van der Waals surface area contributed by atoms with Crippen molar-refractivity contribution >= 4 is 0 Å². The third kappa shape index (κ3) is 4.05. The number of likely N-dealkylation sites (N-methyl/N-ethyl adjacent to an activating group) is 1. The fraction of sp³-hybridized carbons (Fsp3) is 0.273. The minimum absolute atomic E-state index is 0.276. The number of halogens is 1. The summed E-state index contributed by atoms with van der Waals surface area (Å²) in [5.41, 5.74) is 0. The van der Waals surface area contributed by atoms with E-state index in [1.807, 2.05) is 19.2 Å². The van der Waals surface area contributed by atoms with Gasteiger partial charge in [0.2, 0.25) is 0 Å². The maximum Gasteiger partial charge on any atom is 0.126 e. The third-order valence-electron chi connectivity index (χ3n) is 1.63. The summed E-state index contributed by atoms with van der Waals surface area (Å²) in [5, 5.41) is 2.97. The summed E-state index contributed by atoms with van der Waals surface area (Å²) < 4.78 is 18.0. The smallest absolute Gasteiger partial charge is 0.126 e. The van der Waals surface area contributed by atoms with E-state index in [0.717, 1.165) is 6.54 Å². The quantitative estimate of drug-likeness (QED) is 0.725. The Morgan fingerprint density at radius 2 is 2.29 bits per heavy atom. The second kappa shape index (κ2) is 6.16. The molecule has 0 amide bonds. The standard InChI is InChI=1S/C11H14FNO/c1-13-7-2-3-8-14-11-6-4-5-10(12)9-11/h2-6,9,13H,7-8H2,1H3. The maximum absolute atomic E-state index is 12.7. The fourth-order valence-electron chi connectivity index (χ4n) is 0.970. The molecule has 1 aromatic rings. The Hall–Kier alpha value is -1.35. The van der Waals surface area contributed by atoms with Crippen molar-refractivity contribution in [3.8, 4) is 5.75 Å². The first kappa shape index (κ1) is 10.7. The molecule has 1 rings (SSSR count). The highest BCUT2D eigenvalue weighted by Crippen LogP contribution is 2.11. The molecule has 0 saturated heterocycles. The van der Waals surface area contributed by atoms with Gasteiger partial charge in [-0.1, -0.05) is 18.2 Å². The number of nitrogens with one attached hydrogen (secondary N) is 1. The van der Waals surface area contributed by atoms with Gasteiger partial charge in [-0.05, 0) is 19.2 Å². The lowest BCUT2D eigenvalue weighted by molar-refractivity contribution is 0.360. The zero-order chi connectivity index (χ0) is 10.2. The van der Waals surface area contributed by atoms with Gasteiger partial charge in [0.1, 0.15) is 18.2 Å². The lowest BCUT2D eigenvalue weighted by Gasteiger charge is -2.02. The summed E-state index contributed by atoms with van der Waals surface area (Å²) in [5.74, 6) is 0.279. The average molecular weight is 195 g/mol. The molecule has 0 aliphatic heterocycles. The molecular formula is C11H14FNO. The van der Waals surface area contributed by atoms with E-state index in [0.29, 0.717) is 12.4 Å². The first-order valence-electron chi connectivity index (χ1n) is 4.51. The van der Waals surface area contributed by atoms with Gasteiger partial charge < -0.3 is 10.1 Å². The van der Waals surface area contributed by atoms with Crippen molar-refractivity contribution in [3.63, 3.8) is 0 Å². The molecule has 3 heteroatoms. The van der Waals surface area contributed by atoms with Gasteiger partial charge in [-0.2, -0.15) is 0 Å².